The van der Waals surface area contributed by atoms with Crippen LogP contribution in [0.4, 0.5) is 5.69 Å². The van der Waals surface area contributed by atoms with Crippen LogP contribution in [0.3, 0.4) is 0 Å². The molecule has 0 radical (unpaired) electrons. The SMILES string of the molecule is O=C(O)c1ccc(CC2CCN(c3ccc(CN4CCOCC4)cc3)CC2)cc1. The maximum absolute atomic E-state index is 11.0. The van der Waals surface area contributed by atoms with E-state index >= 15 is 0 Å². The predicted molar refractivity (Wildman–Crippen MR) is 115 cm³/mol. The van der Waals surface area contributed by atoms with Crippen molar-refractivity contribution in [2.45, 2.75) is 25.8 Å². The molecule has 154 valence electrons. The third-order valence-corrected chi connectivity index (χ3v) is 6.15. The standard InChI is InChI=1S/C24H30N2O3/c27-24(28)22-5-1-19(2-6-22)17-20-9-11-26(12-10-20)23-7-3-21(4-8-23)18-25-13-15-29-16-14-25/h1-8,20H,9-18H2,(H,27,28). The van der Waals surface area contributed by atoms with Gasteiger partial charge in [-0.15, -0.1) is 0 Å². The number of hydrogen-bond donors (Lipinski definition) is 1. The van der Waals surface area contributed by atoms with Gasteiger partial charge in [-0.25, -0.2) is 4.79 Å². The number of piperidine rings is 1. The fraction of sp³-hybridized carbons (Fsp3) is 0.458. The van der Waals surface area contributed by atoms with Gasteiger partial charge in [0.1, 0.15) is 0 Å². The molecule has 0 atom stereocenters. The van der Waals surface area contributed by atoms with Gasteiger partial charge in [0.05, 0.1) is 18.8 Å². The number of aromatic carboxylic acids is 1. The third-order valence-electron chi connectivity index (χ3n) is 6.15. The van der Waals surface area contributed by atoms with Crippen molar-refractivity contribution in [3.05, 3.63) is 65.2 Å². The number of rotatable bonds is 6. The number of benzene rings is 2. The molecule has 0 saturated carbocycles. The normalized spacial score (nSPS) is 18.7. The first-order valence-corrected chi connectivity index (χ1v) is 10.6. The topological polar surface area (TPSA) is 53.0 Å². The van der Waals surface area contributed by atoms with E-state index in [1.165, 1.54) is 29.7 Å². The number of ether oxygens (including phenoxy) is 1. The zero-order chi connectivity index (χ0) is 20.1. The van der Waals surface area contributed by atoms with Crippen LogP contribution in [0, 0.1) is 5.92 Å². The van der Waals surface area contributed by atoms with Crippen molar-refractivity contribution in [1.82, 2.24) is 4.90 Å². The highest BCUT2D eigenvalue weighted by Gasteiger charge is 2.20. The molecule has 2 aromatic rings. The molecule has 0 unspecified atom stereocenters. The molecule has 5 nitrogen and oxygen atoms in total. The smallest absolute Gasteiger partial charge is 0.335 e. The Hall–Kier alpha value is -2.37. The molecule has 2 heterocycles. The number of carboxylic acid groups (broad SMARTS) is 1. The minimum atomic E-state index is -0.860. The molecule has 2 aromatic carbocycles. The van der Waals surface area contributed by atoms with Gasteiger partial charge < -0.3 is 14.7 Å². The first kappa shape index (κ1) is 19.9. The molecular weight excluding hydrogens is 364 g/mol. The lowest BCUT2D eigenvalue weighted by Gasteiger charge is -2.34. The Bertz CT molecular complexity index is 790. The second kappa shape index (κ2) is 9.42. The first-order valence-electron chi connectivity index (χ1n) is 10.6. The van der Waals surface area contributed by atoms with Crippen molar-refractivity contribution in [3.63, 3.8) is 0 Å². The lowest BCUT2D eigenvalue weighted by molar-refractivity contribution is 0.0342. The summed E-state index contributed by atoms with van der Waals surface area (Å²) in [4.78, 5) is 15.9. The summed E-state index contributed by atoms with van der Waals surface area (Å²) in [5.74, 6) is -0.191. The highest BCUT2D eigenvalue weighted by Crippen LogP contribution is 2.26. The molecule has 0 amide bonds. The van der Waals surface area contributed by atoms with Crippen LogP contribution in [0.1, 0.15) is 34.3 Å². The van der Waals surface area contributed by atoms with Crippen molar-refractivity contribution in [2.24, 2.45) is 5.92 Å². The van der Waals surface area contributed by atoms with Crippen LogP contribution in [0.25, 0.3) is 0 Å². The van der Waals surface area contributed by atoms with Crippen LogP contribution in [0.5, 0.6) is 0 Å². The van der Waals surface area contributed by atoms with E-state index in [1.54, 1.807) is 12.1 Å². The minimum Gasteiger partial charge on any atom is -0.478 e. The van der Waals surface area contributed by atoms with Crippen LogP contribution in [0.15, 0.2) is 48.5 Å². The van der Waals surface area contributed by atoms with Gasteiger partial charge in [0.15, 0.2) is 0 Å². The fourth-order valence-corrected chi connectivity index (χ4v) is 4.34. The van der Waals surface area contributed by atoms with Crippen LogP contribution < -0.4 is 4.90 Å². The number of anilines is 1. The van der Waals surface area contributed by atoms with Gasteiger partial charge >= 0.3 is 5.97 Å². The van der Waals surface area contributed by atoms with Crippen LogP contribution >= 0.6 is 0 Å². The highest BCUT2D eigenvalue weighted by atomic mass is 16.5. The monoisotopic (exact) mass is 394 g/mol. The quantitative estimate of drug-likeness (QED) is 0.810. The van der Waals surface area contributed by atoms with Gasteiger partial charge in [-0.05, 0) is 60.6 Å². The van der Waals surface area contributed by atoms with Crippen molar-refractivity contribution in [1.29, 1.82) is 0 Å². The Kier molecular flexibility index (Phi) is 6.47. The summed E-state index contributed by atoms with van der Waals surface area (Å²) in [6.07, 6.45) is 3.39. The maximum atomic E-state index is 11.0. The molecule has 0 spiro atoms. The summed E-state index contributed by atoms with van der Waals surface area (Å²) < 4.78 is 5.42. The van der Waals surface area contributed by atoms with Crippen molar-refractivity contribution < 1.29 is 14.6 Å². The van der Waals surface area contributed by atoms with E-state index in [-0.39, 0.29) is 0 Å². The minimum absolute atomic E-state index is 0.362. The van der Waals surface area contributed by atoms with E-state index in [0.717, 1.165) is 52.4 Å². The molecule has 2 saturated heterocycles. The summed E-state index contributed by atoms with van der Waals surface area (Å²) >= 11 is 0. The third kappa shape index (κ3) is 5.37. The molecule has 2 fully saturated rings. The van der Waals surface area contributed by atoms with E-state index in [1.807, 2.05) is 12.1 Å². The molecule has 4 rings (SSSR count). The first-order chi connectivity index (χ1) is 14.2. The van der Waals surface area contributed by atoms with Crippen molar-refractivity contribution >= 4 is 11.7 Å². The van der Waals surface area contributed by atoms with E-state index < -0.39 is 5.97 Å². The van der Waals surface area contributed by atoms with Crippen LogP contribution in [-0.2, 0) is 17.7 Å². The average molecular weight is 395 g/mol. The molecule has 2 aliphatic rings. The summed E-state index contributed by atoms with van der Waals surface area (Å²) in [7, 11) is 0. The lowest BCUT2D eigenvalue weighted by Crippen LogP contribution is -2.35. The number of morpholine rings is 1. The molecule has 1 N–H and O–H groups in total. The molecular formula is C24H30N2O3. The molecule has 0 bridgehead atoms. The van der Waals surface area contributed by atoms with Gasteiger partial charge in [0.2, 0.25) is 0 Å². The second-order valence-corrected chi connectivity index (χ2v) is 8.19. The summed E-state index contributed by atoms with van der Waals surface area (Å²) in [6.45, 7) is 6.91. The van der Waals surface area contributed by atoms with Gasteiger partial charge in [-0.1, -0.05) is 24.3 Å². The van der Waals surface area contributed by atoms with E-state index in [2.05, 4.69) is 34.1 Å². The van der Waals surface area contributed by atoms with E-state index in [0.29, 0.717) is 11.5 Å². The van der Waals surface area contributed by atoms with Gasteiger partial charge in [0.25, 0.3) is 0 Å². The van der Waals surface area contributed by atoms with Gasteiger partial charge in [-0.2, -0.15) is 0 Å². The highest BCUT2D eigenvalue weighted by molar-refractivity contribution is 5.87. The zero-order valence-corrected chi connectivity index (χ0v) is 16.9. The second-order valence-electron chi connectivity index (χ2n) is 8.19. The summed E-state index contributed by atoms with van der Waals surface area (Å²) in [5, 5.41) is 9.02. The van der Waals surface area contributed by atoms with Gasteiger partial charge in [-0.3, -0.25) is 4.90 Å². The Morgan fingerprint density at radius 1 is 0.897 bits per heavy atom. The molecule has 5 heteroatoms. The maximum Gasteiger partial charge on any atom is 0.335 e. The largest absolute Gasteiger partial charge is 0.478 e. The number of hydrogen-bond acceptors (Lipinski definition) is 4. The van der Waals surface area contributed by atoms with Crippen LogP contribution in [-0.4, -0.2) is 55.4 Å². The molecule has 0 aromatic heterocycles. The zero-order valence-electron chi connectivity index (χ0n) is 16.9. The van der Waals surface area contributed by atoms with Crippen LogP contribution in [0.2, 0.25) is 0 Å². The Balaban J connectivity index is 1.26. The Morgan fingerprint density at radius 3 is 2.14 bits per heavy atom. The summed E-state index contributed by atoms with van der Waals surface area (Å²) in [6, 6.07) is 16.4. The predicted octanol–water partition coefficient (Wildman–Crippen LogP) is 3.68. The molecule has 29 heavy (non-hydrogen) atoms. The van der Waals surface area contributed by atoms with E-state index in [4.69, 9.17) is 9.84 Å². The van der Waals surface area contributed by atoms with E-state index in [9.17, 15) is 4.79 Å². The van der Waals surface area contributed by atoms with Crippen molar-refractivity contribution in [3.8, 4) is 0 Å². The Morgan fingerprint density at radius 2 is 1.52 bits per heavy atom. The summed E-state index contributed by atoms with van der Waals surface area (Å²) in [5.41, 5.74) is 4.29. The number of carbonyl (C=O) groups is 1. The fourth-order valence-electron chi connectivity index (χ4n) is 4.34. The average Bonchev–Trinajstić information content (AvgIpc) is 2.76. The molecule has 0 aliphatic carbocycles. The lowest BCUT2D eigenvalue weighted by atomic mass is 9.89. The van der Waals surface area contributed by atoms with Gasteiger partial charge in [0, 0.05) is 38.4 Å². The Labute approximate surface area is 172 Å². The number of carboxylic acids is 1. The number of nitrogens with zero attached hydrogens (tertiary/aromatic N) is 2. The van der Waals surface area contributed by atoms with Crippen molar-refractivity contribution in [2.75, 3.05) is 44.3 Å². The molecule has 2 aliphatic heterocycles.